The van der Waals surface area contributed by atoms with Gasteiger partial charge in [-0.2, -0.15) is 0 Å². The van der Waals surface area contributed by atoms with Gasteiger partial charge in [-0.05, 0) is 35.2 Å². The highest BCUT2D eigenvalue weighted by molar-refractivity contribution is 5.70. The monoisotopic (exact) mass is 299 g/mol. The molecule has 0 spiro atoms. The summed E-state index contributed by atoms with van der Waals surface area (Å²) in [5.41, 5.74) is 3.17. The van der Waals surface area contributed by atoms with Gasteiger partial charge in [0, 0.05) is 6.54 Å². The molecule has 2 aromatic rings. The van der Waals surface area contributed by atoms with Crippen LogP contribution in [-0.2, 0) is 17.7 Å². The summed E-state index contributed by atoms with van der Waals surface area (Å²) in [6.45, 7) is 3.13. The van der Waals surface area contributed by atoms with Crippen molar-refractivity contribution in [2.45, 2.75) is 26.0 Å². The van der Waals surface area contributed by atoms with Crippen molar-refractivity contribution in [3.63, 3.8) is 0 Å². The maximum atomic E-state index is 13.0. The second kappa shape index (κ2) is 6.18. The van der Waals surface area contributed by atoms with Crippen LogP contribution in [0.2, 0.25) is 0 Å². The van der Waals surface area contributed by atoms with E-state index < -0.39 is 0 Å². The van der Waals surface area contributed by atoms with Crippen molar-refractivity contribution in [2.24, 2.45) is 0 Å². The zero-order valence-electron chi connectivity index (χ0n) is 12.5. The van der Waals surface area contributed by atoms with Crippen molar-refractivity contribution in [2.75, 3.05) is 6.54 Å². The molecule has 0 aromatic heterocycles. The number of carbonyl (C=O) groups is 1. The quantitative estimate of drug-likeness (QED) is 0.851. The summed E-state index contributed by atoms with van der Waals surface area (Å²) in [7, 11) is 0. The SMILES string of the molecule is CCc1ccc(CN2C[C@@H](c3ccc(F)cc3)OC2=O)cc1. The van der Waals surface area contributed by atoms with E-state index in [9.17, 15) is 9.18 Å². The maximum absolute atomic E-state index is 13.0. The third-order valence-electron chi connectivity index (χ3n) is 3.93. The van der Waals surface area contributed by atoms with E-state index in [1.165, 1.54) is 17.7 Å². The second-order valence-electron chi connectivity index (χ2n) is 5.47. The summed E-state index contributed by atoms with van der Waals surface area (Å²) in [6, 6.07) is 14.3. The van der Waals surface area contributed by atoms with Gasteiger partial charge in [0.1, 0.15) is 11.9 Å². The molecule has 3 rings (SSSR count). The van der Waals surface area contributed by atoms with Crippen molar-refractivity contribution in [3.05, 3.63) is 71.0 Å². The van der Waals surface area contributed by atoms with Crippen LogP contribution in [0.4, 0.5) is 9.18 Å². The summed E-state index contributed by atoms with van der Waals surface area (Å²) < 4.78 is 18.3. The Hall–Kier alpha value is -2.36. The van der Waals surface area contributed by atoms with Crippen LogP contribution < -0.4 is 0 Å². The summed E-state index contributed by atoms with van der Waals surface area (Å²) in [5, 5.41) is 0. The van der Waals surface area contributed by atoms with Crippen molar-refractivity contribution in [3.8, 4) is 0 Å². The standard InChI is InChI=1S/C18H18FNO2/c1-2-13-3-5-14(6-4-13)11-20-12-17(22-18(20)21)15-7-9-16(19)10-8-15/h3-10,17H,2,11-12H2,1H3/t17-/m0/s1. The van der Waals surface area contributed by atoms with E-state index in [0.29, 0.717) is 13.1 Å². The molecule has 0 saturated carbocycles. The van der Waals surface area contributed by atoms with Crippen LogP contribution in [-0.4, -0.2) is 17.5 Å². The molecule has 1 heterocycles. The van der Waals surface area contributed by atoms with E-state index in [2.05, 4.69) is 19.1 Å². The number of halogens is 1. The molecule has 0 N–H and O–H groups in total. The second-order valence-corrected chi connectivity index (χ2v) is 5.47. The van der Waals surface area contributed by atoms with E-state index in [-0.39, 0.29) is 18.0 Å². The molecule has 1 aliphatic rings. The maximum Gasteiger partial charge on any atom is 0.410 e. The van der Waals surface area contributed by atoms with Crippen LogP contribution in [0.3, 0.4) is 0 Å². The Bertz CT molecular complexity index is 652. The van der Waals surface area contributed by atoms with Gasteiger partial charge in [0.2, 0.25) is 0 Å². The zero-order valence-corrected chi connectivity index (χ0v) is 12.5. The minimum Gasteiger partial charge on any atom is -0.439 e. The molecule has 3 nitrogen and oxygen atoms in total. The normalized spacial score (nSPS) is 17.6. The van der Waals surface area contributed by atoms with Gasteiger partial charge in [-0.1, -0.05) is 43.3 Å². The molecule has 2 aromatic carbocycles. The molecule has 1 aliphatic heterocycles. The van der Waals surface area contributed by atoms with Crippen molar-refractivity contribution < 1.29 is 13.9 Å². The molecule has 114 valence electrons. The summed E-state index contributed by atoms with van der Waals surface area (Å²) in [6.07, 6.45) is 0.343. The number of rotatable bonds is 4. The molecule has 1 amide bonds. The lowest BCUT2D eigenvalue weighted by atomic mass is 10.1. The number of hydrogen-bond donors (Lipinski definition) is 0. The molecule has 4 heteroatoms. The molecule has 22 heavy (non-hydrogen) atoms. The highest BCUT2D eigenvalue weighted by Gasteiger charge is 2.32. The number of carbonyl (C=O) groups excluding carboxylic acids is 1. The van der Waals surface area contributed by atoms with Gasteiger partial charge in [0.15, 0.2) is 0 Å². The van der Waals surface area contributed by atoms with Crippen LogP contribution >= 0.6 is 0 Å². The van der Waals surface area contributed by atoms with Crippen LogP contribution in [0.5, 0.6) is 0 Å². The molecule has 0 radical (unpaired) electrons. The summed E-state index contributed by atoms with van der Waals surface area (Å²) in [5.74, 6) is -0.291. The average molecular weight is 299 g/mol. The van der Waals surface area contributed by atoms with E-state index in [1.807, 2.05) is 12.1 Å². The molecule has 0 aliphatic carbocycles. The van der Waals surface area contributed by atoms with Gasteiger partial charge in [0.25, 0.3) is 0 Å². The predicted octanol–water partition coefficient (Wildman–Crippen LogP) is 4.08. The van der Waals surface area contributed by atoms with Crippen LogP contribution in [0, 0.1) is 5.82 Å². The highest BCUT2D eigenvalue weighted by atomic mass is 19.1. The van der Waals surface area contributed by atoms with Crippen LogP contribution in [0.1, 0.15) is 29.7 Å². The van der Waals surface area contributed by atoms with Crippen molar-refractivity contribution in [1.82, 2.24) is 4.90 Å². The fourth-order valence-corrected chi connectivity index (χ4v) is 2.59. The van der Waals surface area contributed by atoms with Gasteiger partial charge in [-0.3, -0.25) is 4.90 Å². The Kier molecular flexibility index (Phi) is 4.09. The fourth-order valence-electron chi connectivity index (χ4n) is 2.59. The van der Waals surface area contributed by atoms with Gasteiger partial charge in [-0.25, -0.2) is 9.18 Å². The number of aryl methyl sites for hydroxylation is 1. The molecule has 0 unspecified atom stereocenters. The lowest BCUT2D eigenvalue weighted by molar-refractivity contribution is 0.132. The van der Waals surface area contributed by atoms with Crippen LogP contribution in [0.25, 0.3) is 0 Å². The number of nitrogens with zero attached hydrogens (tertiary/aromatic N) is 1. The van der Waals surface area contributed by atoms with E-state index in [1.54, 1.807) is 17.0 Å². The lowest BCUT2D eigenvalue weighted by Crippen LogP contribution is -2.23. The molecular formula is C18H18FNO2. The summed E-state index contributed by atoms with van der Waals surface area (Å²) >= 11 is 0. The van der Waals surface area contributed by atoms with Gasteiger partial charge >= 0.3 is 6.09 Å². The molecular weight excluding hydrogens is 281 g/mol. The third kappa shape index (κ3) is 3.11. The number of benzene rings is 2. The largest absolute Gasteiger partial charge is 0.439 e. The zero-order chi connectivity index (χ0) is 15.5. The van der Waals surface area contributed by atoms with Crippen molar-refractivity contribution >= 4 is 6.09 Å². The average Bonchev–Trinajstić information content (AvgIpc) is 2.90. The first kappa shape index (κ1) is 14.6. The van der Waals surface area contributed by atoms with Gasteiger partial charge < -0.3 is 4.74 Å². The van der Waals surface area contributed by atoms with E-state index >= 15 is 0 Å². The first-order chi connectivity index (χ1) is 10.7. The van der Waals surface area contributed by atoms with Crippen LogP contribution in [0.15, 0.2) is 48.5 Å². The van der Waals surface area contributed by atoms with E-state index in [4.69, 9.17) is 4.74 Å². The first-order valence-electron chi connectivity index (χ1n) is 7.44. The van der Waals surface area contributed by atoms with Gasteiger partial charge in [0.05, 0.1) is 6.54 Å². The topological polar surface area (TPSA) is 29.5 Å². The molecule has 1 atom stereocenters. The minimum atomic E-state index is -0.331. The Morgan fingerprint density at radius 1 is 1.09 bits per heavy atom. The Morgan fingerprint density at radius 3 is 2.36 bits per heavy atom. The van der Waals surface area contributed by atoms with Gasteiger partial charge in [-0.15, -0.1) is 0 Å². The Morgan fingerprint density at radius 2 is 1.73 bits per heavy atom. The first-order valence-corrected chi connectivity index (χ1v) is 7.44. The molecule has 0 bridgehead atoms. The summed E-state index contributed by atoms with van der Waals surface area (Å²) in [4.78, 5) is 13.7. The molecule has 1 fully saturated rings. The van der Waals surface area contributed by atoms with E-state index in [0.717, 1.165) is 17.5 Å². The highest BCUT2D eigenvalue weighted by Crippen LogP contribution is 2.27. The smallest absolute Gasteiger partial charge is 0.410 e. The predicted molar refractivity (Wildman–Crippen MR) is 81.9 cm³/mol. The lowest BCUT2D eigenvalue weighted by Gasteiger charge is -2.13. The third-order valence-corrected chi connectivity index (χ3v) is 3.93. The minimum absolute atomic E-state index is 0.291. The van der Waals surface area contributed by atoms with Crippen molar-refractivity contribution in [1.29, 1.82) is 0 Å². The number of ether oxygens (including phenoxy) is 1. The number of hydrogen-bond acceptors (Lipinski definition) is 2. The number of amides is 1. The Labute approximate surface area is 129 Å². The Balaban J connectivity index is 1.67. The molecule has 1 saturated heterocycles. The number of cyclic esters (lactones) is 1. The fraction of sp³-hybridized carbons (Fsp3) is 0.278.